The molecule has 0 unspecified atom stereocenters. The van der Waals surface area contributed by atoms with E-state index in [1.165, 1.54) is 0 Å². The van der Waals surface area contributed by atoms with Crippen LogP contribution in [0.15, 0.2) is 27.2 Å². The fraction of sp³-hybridized carbons (Fsp3) is 0.385. The highest BCUT2D eigenvalue weighted by atomic mass is 79.9. The van der Waals surface area contributed by atoms with Crippen molar-refractivity contribution in [3.63, 3.8) is 0 Å². The Labute approximate surface area is 120 Å². The molecule has 102 valence electrons. The van der Waals surface area contributed by atoms with Gasteiger partial charge in [-0.1, -0.05) is 28.0 Å². The molecule has 5 nitrogen and oxygen atoms in total. The fourth-order valence-corrected chi connectivity index (χ4v) is 2.02. The van der Waals surface area contributed by atoms with E-state index in [1.54, 1.807) is 0 Å². The van der Waals surface area contributed by atoms with Crippen LogP contribution in [0.1, 0.15) is 37.2 Å². The van der Waals surface area contributed by atoms with Crippen LogP contribution >= 0.6 is 15.9 Å². The number of ether oxygens (including phenoxy) is 1. The van der Waals surface area contributed by atoms with Crippen LogP contribution in [0, 0.1) is 0 Å². The molecule has 0 radical (unpaired) electrons. The van der Waals surface area contributed by atoms with Crippen LogP contribution in [-0.4, -0.2) is 10.1 Å². The van der Waals surface area contributed by atoms with E-state index in [9.17, 15) is 0 Å². The van der Waals surface area contributed by atoms with Gasteiger partial charge in [0.25, 0.3) is 0 Å². The second-order valence-corrected chi connectivity index (χ2v) is 5.13. The standard InChI is InChI=1S/C13H16BrN3O2/c1-3-13-16-12(17-19-13)7-18-11-5-4-9(14)6-10(11)8(2)15/h4-6,8H,3,7,15H2,1-2H3/t8-/m0/s1. The molecule has 0 aliphatic rings. The summed E-state index contributed by atoms with van der Waals surface area (Å²) < 4.78 is 11.7. The summed E-state index contributed by atoms with van der Waals surface area (Å²) in [4.78, 5) is 4.19. The van der Waals surface area contributed by atoms with Gasteiger partial charge >= 0.3 is 0 Å². The molecule has 19 heavy (non-hydrogen) atoms. The summed E-state index contributed by atoms with van der Waals surface area (Å²) in [5.74, 6) is 1.89. The maximum Gasteiger partial charge on any atom is 0.226 e. The Hall–Kier alpha value is -1.40. The van der Waals surface area contributed by atoms with Crippen molar-refractivity contribution in [2.75, 3.05) is 0 Å². The average molecular weight is 326 g/mol. The SMILES string of the molecule is CCc1nc(COc2ccc(Br)cc2[C@H](C)N)no1. The van der Waals surface area contributed by atoms with Gasteiger partial charge in [0, 0.05) is 22.5 Å². The minimum absolute atomic E-state index is 0.107. The minimum atomic E-state index is -0.107. The molecule has 2 N–H and O–H groups in total. The second-order valence-electron chi connectivity index (χ2n) is 4.22. The van der Waals surface area contributed by atoms with Gasteiger partial charge in [0.1, 0.15) is 5.75 Å². The summed E-state index contributed by atoms with van der Waals surface area (Å²) >= 11 is 3.42. The normalized spacial score (nSPS) is 12.4. The largest absolute Gasteiger partial charge is 0.485 e. The van der Waals surface area contributed by atoms with Crippen molar-refractivity contribution in [1.82, 2.24) is 10.1 Å². The Morgan fingerprint density at radius 2 is 2.26 bits per heavy atom. The number of aromatic nitrogens is 2. The maximum atomic E-state index is 5.93. The molecule has 0 fully saturated rings. The van der Waals surface area contributed by atoms with E-state index >= 15 is 0 Å². The predicted octanol–water partition coefficient (Wildman–Crippen LogP) is 2.99. The van der Waals surface area contributed by atoms with E-state index in [4.69, 9.17) is 15.0 Å². The van der Waals surface area contributed by atoms with E-state index in [0.29, 0.717) is 11.7 Å². The summed E-state index contributed by atoms with van der Waals surface area (Å²) in [5.41, 5.74) is 6.87. The fourth-order valence-electron chi connectivity index (χ4n) is 1.64. The summed E-state index contributed by atoms with van der Waals surface area (Å²) in [6.07, 6.45) is 0.719. The van der Waals surface area contributed by atoms with E-state index in [0.717, 1.165) is 22.2 Å². The molecular weight excluding hydrogens is 310 g/mol. The third-order valence-corrected chi connectivity index (χ3v) is 3.13. The molecule has 1 aromatic heterocycles. The molecule has 0 bridgehead atoms. The van der Waals surface area contributed by atoms with Gasteiger partial charge in [-0.2, -0.15) is 4.98 Å². The lowest BCUT2D eigenvalue weighted by Gasteiger charge is -2.13. The molecule has 6 heteroatoms. The number of hydrogen-bond acceptors (Lipinski definition) is 5. The first-order valence-electron chi connectivity index (χ1n) is 6.09. The summed E-state index contributed by atoms with van der Waals surface area (Å²) in [6.45, 7) is 4.14. The number of benzene rings is 1. The first-order valence-corrected chi connectivity index (χ1v) is 6.88. The lowest BCUT2D eigenvalue weighted by atomic mass is 10.1. The van der Waals surface area contributed by atoms with Crippen molar-refractivity contribution < 1.29 is 9.26 Å². The third-order valence-electron chi connectivity index (χ3n) is 2.63. The number of hydrogen-bond donors (Lipinski definition) is 1. The topological polar surface area (TPSA) is 74.2 Å². The van der Waals surface area contributed by atoms with Crippen molar-refractivity contribution in [2.24, 2.45) is 5.73 Å². The van der Waals surface area contributed by atoms with Gasteiger partial charge in [-0.15, -0.1) is 0 Å². The van der Waals surface area contributed by atoms with Crippen molar-refractivity contribution >= 4 is 15.9 Å². The van der Waals surface area contributed by atoms with Crippen LogP contribution < -0.4 is 10.5 Å². The highest BCUT2D eigenvalue weighted by molar-refractivity contribution is 9.10. The molecule has 0 amide bonds. The van der Waals surface area contributed by atoms with E-state index in [-0.39, 0.29) is 12.6 Å². The summed E-state index contributed by atoms with van der Waals surface area (Å²) in [7, 11) is 0. The molecule has 0 spiro atoms. The number of nitrogens with zero attached hydrogens (tertiary/aromatic N) is 2. The number of rotatable bonds is 5. The van der Waals surface area contributed by atoms with Crippen LogP contribution in [0.2, 0.25) is 0 Å². The van der Waals surface area contributed by atoms with Crippen molar-refractivity contribution in [3.8, 4) is 5.75 Å². The van der Waals surface area contributed by atoms with Gasteiger partial charge in [0.2, 0.25) is 11.7 Å². The highest BCUT2D eigenvalue weighted by Crippen LogP contribution is 2.27. The van der Waals surface area contributed by atoms with Gasteiger partial charge in [-0.05, 0) is 25.1 Å². The Morgan fingerprint density at radius 3 is 2.89 bits per heavy atom. The zero-order chi connectivity index (χ0) is 13.8. The molecule has 0 saturated carbocycles. The van der Waals surface area contributed by atoms with Gasteiger partial charge in [-0.25, -0.2) is 0 Å². The Balaban J connectivity index is 2.10. The Morgan fingerprint density at radius 1 is 1.47 bits per heavy atom. The van der Waals surface area contributed by atoms with Crippen LogP contribution in [-0.2, 0) is 13.0 Å². The molecule has 0 saturated heterocycles. The van der Waals surface area contributed by atoms with Crippen molar-refractivity contribution in [1.29, 1.82) is 0 Å². The van der Waals surface area contributed by atoms with Gasteiger partial charge in [0.05, 0.1) is 0 Å². The van der Waals surface area contributed by atoms with E-state index < -0.39 is 0 Å². The van der Waals surface area contributed by atoms with Crippen LogP contribution in [0.4, 0.5) is 0 Å². The lowest BCUT2D eigenvalue weighted by molar-refractivity contribution is 0.281. The van der Waals surface area contributed by atoms with Gasteiger partial charge in [-0.3, -0.25) is 0 Å². The molecular formula is C13H16BrN3O2. The smallest absolute Gasteiger partial charge is 0.226 e. The van der Waals surface area contributed by atoms with Gasteiger partial charge in [0.15, 0.2) is 6.61 Å². The number of nitrogens with two attached hydrogens (primary N) is 1. The molecule has 0 aliphatic carbocycles. The van der Waals surface area contributed by atoms with E-state index in [1.807, 2.05) is 32.0 Å². The van der Waals surface area contributed by atoms with E-state index in [2.05, 4.69) is 26.1 Å². The molecule has 1 atom stereocenters. The second kappa shape index (κ2) is 6.16. The number of aryl methyl sites for hydroxylation is 1. The van der Waals surface area contributed by atoms with Crippen LogP contribution in [0.3, 0.4) is 0 Å². The Bertz CT molecular complexity index is 555. The predicted molar refractivity (Wildman–Crippen MR) is 74.8 cm³/mol. The zero-order valence-electron chi connectivity index (χ0n) is 10.9. The minimum Gasteiger partial charge on any atom is -0.485 e. The van der Waals surface area contributed by atoms with Crippen LogP contribution in [0.5, 0.6) is 5.75 Å². The number of halogens is 1. The zero-order valence-corrected chi connectivity index (χ0v) is 12.5. The summed E-state index contributed by atoms with van der Waals surface area (Å²) in [6, 6.07) is 5.63. The van der Waals surface area contributed by atoms with Crippen molar-refractivity contribution in [3.05, 3.63) is 40.0 Å². The molecule has 1 aromatic carbocycles. The quantitative estimate of drug-likeness (QED) is 0.914. The van der Waals surface area contributed by atoms with Gasteiger partial charge < -0.3 is 15.0 Å². The molecule has 2 aromatic rings. The first-order chi connectivity index (χ1) is 9.10. The first kappa shape index (κ1) is 14.0. The lowest BCUT2D eigenvalue weighted by Crippen LogP contribution is -2.08. The van der Waals surface area contributed by atoms with Crippen molar-refractivity contribution in [2.45, 2.75) is 32.9 Å². The summed E-state index contributed by atoms with van der Waals surface area (Å²) in [5, 5.41) is 3.84. The third kappa shape index (κ3) is 3.54. The molecule has 2 rings (SSSR count). The highest BCUT2D eigenvalue weighted by Gasteiger charge is 2.11. The molecule has 1 heterocycles. The maximum absolute atomic E-state index is 5.93. The Kier molecular flexibility index (Phi) is 4.55. The molecule has 0 aliphatic heterocycles. The average Bonchev–Trinajstić information content (AvgIpc) is 2.85. The van der Waals surface area contributed by atoms with Crippen LogP contribution in [0.25, 0.3) is 0 Å². The monoisotopic (exact) mass is 325 g/mol.